The van der Waals surface area contributed by atoms with Crippen molar-refractivity contribution in [3.05, 3.63) is 59.2 Å². The van der Waals surface area contributed by atoms with Crippen LogP contribution in [0.5, 0.6) is 0 Å². The van der Waals surface area contributed by atoms with E-state index in [-0.39, 0.29) is 11.6 Å². The number of aryl methyl sites for hydroxylation is 2. The molecular weight excluding hydrogens is 398 g/mol. The van der Waals surface area contributed by atoms with E-state index in [0.717, 1.165) is 0 Å². The summed E-state index contributed by atoms with van der Waals surface area (Å²) in [6.45, 7) is 6.18. The summed E-state index contributed by atoms with van der Waals surface area (Å²) in [5.74, 6) is -0.525. The summed E-state index contributed by atoms with van der Waals surface area (Å²) >= 11 is 10.9. The quantitative estimate of drug-likeness (QED) is 0.705. The van der Waals surface area contributed by atoms with E-state index in [1.54, 1.807) is 38.1 Å². The second kappa shape index (κ2) is 8.79. The normalized spacial score (nSPS) is 14.0. The fourth-order valence-electron chi connectivity index (χ4n) is 2.86. The molecule has 0 aromatic heterocycles. The van der Waals surface area contributed by atoms with Crippen LogP contribution in [-0.4, -0.2) is 46.2 Å². The lowest BCUT2D eigenvalue weighted by Crippen LogP contribution is -2.52. The maximum atomic E-state index is 13.7. The number of benzene rings is 2. The molecule has 3 rings (SSSR count). The van der Waals surface area contributed by atoms with E-state index in [1.807, 2.05) is 9.80 Å². The van der Waals surface area contributed by atoms with E-state index in [2.05, 4.69) is 10.6 Å². The Labute approximate surface area is 174 Å². The van der Waals surface area contributed by atoms with Gasteiger partial charge >= 0.3 is 0 Å². The molecule has 148 valence electrons. The Hall–Kier alpha value is -2.32. The van der Waals surface area contributed by atoms with Gasteiger partial charge in [0, 0.05) is 37.6 Å². The minimum Gasteiger partial charge on any atom is -0.345 e. The third kappa shape index (κ3) is 4.94. The molecule has 0 saturated carbocycles. The predicted octanol–water partition coefficient (Wildman–Crippen LogP) is 4.29. The molecule has 8 heteroatoms. The van der Waals surface area contributed by atoms with Crippen molar-refractivity contribution in [3.63, 3.8) is 0 Å². The van der Waals surface area contributed by atoms with Crippen LogP contribution in [0.2, 0.25) is 0 Å². The molecule has 0 atom stereocenters. The van der Waals surface area contributed by atoms with Crippen LogP contribution in [0.25, 0.3) is 0 Å². The maximum Gasteiger partial charge on any atom is 0.173 e. The monoisotopic (exact) mass is 420 g/mol. The molecule has 2 aromatic carbocycles. The van der Waals surface area contributed by atoms with Crippen LogP contribution in [0.15, 0.2) is 36.4 Å². The Morgan fingerprint density at radius 3 is 1.43 bits per heavy atom. The van der Waals surface area contributed by atoms with Gasteiger partial charge in [-0.15, -0.1) is 0 Å². The third-order valence-electron chi connectivity index (χ3n) is 4.70. The summed E-state index contributed by atoms with van der Waals surface area (Å²) in [4.78, 5) is 4.05. The first-order valence-electron chi connectivity index (χ1n) is 8.97. The summed E-state index contributed by atoms with van der Waals surface area (Å²) in [5, 5.41) is 7.28. The van der Waals surface area contributed by atoms with Gasteiger partial charge < -0.3 is 20.4 Å². The predicted molar refractivity (Wildman–Crippen MR) is 118 cm³/mol. The summed E-state index contributed by atoms with van der Waals surface area (Å²) in [6, 6.07) is 9.93. The Kier molecular flexibility index (Phi) is 6.41. The van der Waals surface area contributed by atoms with Crippen molar-refractivity contribution in [1.29, 1.82) is 0 Å². The zero-order valence-corrected chi connectivity index (χ0v) is 17.4. The molecule has 0 bridgehead atoms. The summed E-state index contributed by atoms with van der Waals surface area (Å²) in [5.41, 5.74) is 2.46. The number of hydrogen-bond acceptors (Lipinski definition) is 2. The molecule has 0 radical (unpaired) electrons. The zero-order chi connectivity index (χ0) is 20.3. The lowest BCUT2D eigenvalue weighted by molar-refractivity contribution is 0.264. The van der Waals surface area contributed by atoms with E-state index in [4.69, 9.17) is 24.4 Å². The van der Waals surface area contributed by atoms with Crippen LogP contribution in [0.3, 0.4) is 0 Å². The fraction of sp³-hybridized carbons (Fsp3) is 0.300. The van der Waals surface area contributed by atoms with Gasteiger partial charge in [-0.1, -0.05) is 12.1 Å². The van der Waals surface area contributed by atoms with Gasteiger partial charge in [-0.05, 0) is 73.7 Å². The number of rotatable bonds is 2. The van der Waals surface area contributed by atoms with Crippen LogP contribution in [0, 0.1) is 25.5 Å². The lowest BCUT2D eigenvalue weighted by Gasteiger charge is -2.37. The SMILES string of the molecule is Cc1ccc(NC(=S)N2CCN(C(=S)Nc3ccc(C)c(F)c3)CC2)cc1F. The van der Waals surface area contributed by atoms with Crippen LogP contribution in [0.4, 0.5) is 20.2 Å². The van der Waals surface area contributed by atoms with Crippen molar-refractivity contribution in [2.24, 2.45) is 0 Å². The molecule has 0 unspecified atom stereocenters. The van der Waals surface area contributed by atoms with Crippen molar-refractivity contribution in [1.82, 2.24) is 9.80 Å². The number of thiocarbonyl (C=S) groups is 2. The van der Waals surface area contributed by atoms with E-state index in [1.165, 1.54) is 12.1 Å². The molecule has 1 aliphatic heterocycles. The van der Waals surface area contributed by atoms with Crippen LogP contribution < -0.4 is 10.6 Å². The van der Waals surface area contributed by atoms with Crippen LogP contribution in [-0.2, 0) is 0 Å². The molecule has 2 N–H and O–H groups in total. The molecule has 1 saturated heterocycles. The highest BCUT2D eigenvalue weighted by molar-refractivity contribution is 7.80. The van der Waals surface area contributed by atoms with Crippen molar-refractivity contribution in [2.45, 2.75) is 13.8 Å². The topological polar surface area (TPSA) is 30.5 Å². The van der Waals surface area contributed by atoms with Gasteiger partial charge in [-0.2, -0.15) is 0 Å². The van der Waals surface area contributed by atoms with E-state index < -0.39 is 0 Å². The highest BCUT2D eigenvalue weighted by Crippen LogP contribution is 2.16. The van der Waals surface area contributed by atoms with Crippen molar-refractivity contribution in [3.8, 4) is 0 Å². The van der Waals surface area contributed by atoms with Gasteiger partial charge in [0.15, 0.2) is 10.2 Å². The molecule has 0 amide bonds. The maximum absolute atomic E-state index is 13.7. The van der Waals surface area contributed by atoms with E-state index in [0.29, 0.717) is 58.9 Å². The molecule has 1 aliphatic rings. The van der Waals surface area contributed by atoms with Gasteiger partial charge in [-0.25, -0.2) is 8.78 Å². The average Bonchev–Trinajstić information content (AvgIpc) is 2.67. The Morgan fingerprint density at radius 2 is 1.11 bits per heavy atom. The van der Waals surface area contributed by atoms with Crippen molar-refractivity contribution in [2.75, 3.05) is 36.8 Å². The molecule has 4 nitrogen and oxygen atoms in total. The first-order chi connectivity index (χ1) is 13.3. The molecule has 28 heavy (non-hydrogen) atoms. The van der Waals surface area contributed by atoms with Gasteiger partial charge in [0.2, 0.25) is 0 Å². The number of nitrogens with one attached hydrogen (secondary N) is 2. The number of anilines is 2. The standard InChI is InChI=1S/C20H22F2N4S2/c1-13-3-5-15(11-17(13)21)23-19(27)25-7-9-26(10-8-25)20(28)24-16-6-4-14(2)18(22)12-16/h3-6,11-12H,7-10H2,1-2H3,(H,23,27)(H,24,28). The number of hydrogen-bond donors (Lipinski definition) is 2. The first kappa shape index (κ1) is 20.4. The smallest absolute Gasteiger partial charge is 0.173 e. The summed E-state index contributed by atoms with van der Waals surface area (Å²) in [6.07, 6.45) is 0. The summed E-state index contributed by atoms with van der Waals surface area (Å²) < 4.78 is 27.4. The minimum atomic E-state index is -0.262. The number of piperazine rings is 1. The second-order valence-corrected chi connectivity index (χ2v) is 7.54. The second-order valence-electron chi connectivity index (χ2n) is 6.76. The van der Waals surface area contributed by atoms with Gasteiger partial charge in [0.25, 0.3) is 0 Å². The fourth-order valence-corrected chi connectivity index (χ4v) is 3.46. The molecule has 0 aliphatic carbocycles. The minimum absolute atomic E-state index is 0.262. The Bertz CT molecular complexity index is 822. The average molecular weight is 421 g/mol. The molecule has 0 spiro atoms. The van der Waals surface area contributed by atoms with E-state index >= 15 is 0 Å². The molecule has 1 fully saturated rings. The summed E-state index contributed by atoms with van der Waals surface area (Å²) in [7, 11) is 0. The Balaban J connectivity index is 1.51. The first-order valence-corrected chi connectivity index (χ1v) is 9.79. The zero-order valence-electron chi connectivity index (χ0n) is 15.8. The number of halogens is 2. The lowest BCUT2D eigenvalue weighted by atomic mass is 10.2. The van der Waals surface area contributed by atoms with Crippen LogP contribution >= 0.6 is 24.4 Å². The largest absolute Gasteiger partial charge is 0.345 e. The highest BCUT2D eigenvalue weighted by atomic mass is 32.1. The molecule has 1 heterocycles. The van der Waals surface area contributed by atoms with Gasteiger partial charge in [0.05, 0.1) is 0 Å². The molecule has 2 aromatic rings. The van der Waals surface area contributed by atoms with Gasteiger partial charge in [-0.3, -0.25) is 0 Å². The number of nitrogens with zero attached hydrogens (tertiary/aromatic N) is 2. The van der Waals surface area contributed by atoms with Gasteiger partial charge in [0.1, 0.15) is 11.6 Å². The third-order valence-corrected chi connectivity index (χ3v) is 5.42. The highest BCUT2D eigenvalue weighted by Gasteiger charge is 2.21. The van der Waals surface area contributed by atoms with E-state index in [9.17, 15) is 8.78 Å². The van der Waals surface area contributed by atoms with Crippen molar-refractivity contribution < 1.29 is 8.78 Å². The van der Waals surface area contributed by atoms with Crippen molar-refractivity contribution >= 4 is 46.0 Å². The van der Waals surface area contributed by atoms with Crippen LogP contribution in [0.1, 0.15) is 11.1 Å². The Morgan fingerprint density at radius 1 is 0.750 bits per heavy atom. The molecular formula is C20H22F2N4S2.